The van der Waals surface area contributed by atoms with Crippen LogP contribution in [0, 0.1) is 6.92 Å². The monoisotopic (exact) mass is 524 g/mol. The second-order valence-corrected chi connectivity index (χ2v) is 10.8. The normalized spacial score (nSPS) is 11.7. The minimum Gasteiger partial charge on any atom is -0.508 e. The van der Waals surface area contributed by atoms with Gasteiger partial charge in [0.15, 0.2) is 0 Å². The Morgan fingerprint density at radius 1 is 0.590 bits per heavy atom. The van der Waals surface area contributed by atoms with Gasteiger partial charge in [-0.3, -0.25) is 0 Å². The number of aryl methyl sites for hydroxylation is 1. The molecule has 0 heterocycles. The average Bonchev–Trinajstić information content (AvgIpc) is 2.89. The third-order valence-electron chi connectivity index (χ3n) is 7.45. The molecule has 4 rings (SSSR count). The van der Waals surface area contributed by atoms with Crippen LogP contribution in [0.25, 0.3) is 0 Å². The Morgan fingerprint density at radius 2 is 0.949 bits per heavy atom. The zero-order valence-corrected chi connectivity index (χ0v) is 22.6. The van der Waals surface area contributed by atoms with E-state index in [9.17, 15) is 24.9 Å². The van der Waals surface area contributed by atoms with Crippen LogP contribution in [0.3, 0.4) is 0 Å². The number of hydrogen-bond donors (Lipinski definition) is 3. The third-order valence-corrected chi connectivity index (χ3v) is 7.45. The van der Waals surface area contributed by atoms with Crippen molar-refractivity contribution in [1.29, 1.82) is 0 Å². The van der Waals surface area contributed by atoms with Crippen LogP contribution in [-0.4, -0.2) is 27.3 Å². The molecule has 0 saturated carbocycles. The maximum absolute atomic E-state index is 12.2. The Morgan fingerprint density at radius 3 is 1.33 bits per heavy atom. The van der Waals surface area contributed by atoms with E-state index in [2.05, 4.69) is 0 Å². The van der Waals surface area contributed by atoms with Gasteiger partial charge >= 0.3 is 11.9 Å². The van der Waals surface area contributed by atoms with Gasteiger partial charge in [0.2, 0.25) is 0 Å². The first kappa shape index (κ1) is 27.5. The highest BCUT2D eigenvalue weighted by Gasteiger charge is 2.28. The van der Waals surface area contributed by atoms with Crippen molar-refractivity contribution in [2.24, 2.45) is 0 Å². The van der Waals surface area contributed by atoms with Crippen LogP contribution in [0.4, 0.5) is 0 Å². The number of carbonyl (C=O) groups is 2. The van der Waals surface area contributed by atoms with Crippen LogP contribution in [-0.2, 0) is 10.8 Å². The van der Waals surface area contributed by atoms with Gasteiger partial charge in [-0.1, -0.05) is 81.8 Å². The van der Waals surface area contributed by atoms with Crippen LogP contribution in [0.5, 0.6) is 17.2 Å². The quantitative estimate of drug-likeness (QED) is 0.220. The van der Waals surface area contributed by atoms with Crippen molar-refractivity contribution in [3.05, 3.63) is 124 Å². The highest BCUT2D eigenvalue weighted by molar-refractivity contribution is 5.93. The summed E-state index contributed by atoms with van der Waals surface area (Å²) in [7, 11) is 0. The van der Waals surface area contributed by atoms with E-state index in [1.54, 1.807) is 54.6 Å². The number of phenols is 1. The first-order valence-electron chi connectivity index (χ1n) is 12.6. The zero-order valence-electron chi connectivity index (χ0n) is 22.6. The number of hydrogen-bond acceptors (Lipinski definition) is 4. The Hall–Kier alpha value is -4.58. The molecule has 0 aliphatic carbocycles. The summed E-state index contributed by atoms with van der Waals surface area (Å²) in [4.78, 5) is 24.5. The van der Waals surface area contributed by atoms with Crippen LogP contribution in [0.15, 0.2) is 84.9 Å². The molecule has 0 spiro atoms. The van der Waals surface area contributed by atoms with Crippen molar-refractivity contribution in [2.45, 2.75) is 45.4 Å². The Balaban J connectivity index is 1.72. The van der Waals surface area contributed by atoms with E-state index < -0.39 is 22.8 Å². The average molecular weight is 525 g/mol. The second-order valence-electron chi connectivity index (χ2n) is 10.8. The molecular weight excluding hydrogens is 492 g/mol. The number of carboxylic acids is 2. The molecule has 4 aromatic carbocycles. The van der Waals surface area contributed by atoms with Gasteiger partial charge in [0.25, 0.3) is 0 Å². The van der Waals surface area contributed by atoms with E-state index in [-0.39, 0.29) is 28.4 Å². The van der Waals surface area contributed by atoms with Gasteiger partial charge < -0.3 is 20.1 Å². The lowest BCUT2D eigenvalue weighted by Crippen LogP contribution is -2.20. The number of benzene rings is 4. The SMILES string of the molecule is Cc1ccc(C(C)(C)c2ccc(Oc3ccc(C(C)(C)c4ccc(O)cc4)cc3C(=O)O)c(C(=O)O)c2)cc1. The van der Waals surface area contributed by atoms with Gasteiger partial charge in [0.1, 0.15) is 28.4 Å². The van der Waals surface area contributed by atoms with Crippen LogP contribution in [0.1, 0.15) is 76.2 Å². The molecule has 0 unspecified atom stereocenters. The molecular formula is C33H32O6. The molecule has 0 atom stereocenters. The standard InChI is InChI=1S/C33H32O6/c1-20-6-8-21(9-7-20)32(2,3)23-12-16-28(26(18-23)30(35)36)39-29-17-13-24(19-27(29)31(37)38)33(4,5)22-10-14-25(34)15-11-22/h6-19,34H,1-5H3,(H,35,36)(H,37,38). The highest BCUT2D eigenvalue weighted by atomic mass is 16.5. The predicted octanol–water partition coefficient (Wildman–Crippen LogP) is 7.54. The second kappa shape index (κ2) is 10.3. The lowest BCUT2D eigenvalue weighted by atomic mass is 9.77. The van der Waals surface area contributed by atoms with Crippen molar-refractivity contribution in [2.75, 3.05) is 0 Å². The topological polar surface area (TPSA) is 104 Å². The molecule has 6 nitrogen and oxygen atoms in total. The molecule has 6 heteroatoms. The third kappa shape index (κ3) is 5.50. The predicted molar refractivity (Wildman–Crippen MR) is 150 cm³/mol. The smallest absolute Gasteiger partial charge is 0.339 e. The Bertz CT molecular complexity index is 1410. The number of aromatic hydroxyl groups is 1. The van der Waals surface area contributed by atoms with Crippen LogP contribution < -0.4 is 4.74 Å². The summed E-state index contributed by atoms with van der Waals surface area (Å²) in [6, 6.07) is 24.7. The van der Waals surface area contributed by atoms with E-state index in [1.807, 2.05) is 65.0 Å². The maximum atomic E-state index is 12.2. The molecule has 39 heavy (non-hydrogen) atoms. The first-order valence-corrected chi connectivity index (χ1v) is 12.6. The molecule has 3 N–H and O–H groups in total. The summed E-state index contributed by atoms with van der Waals surface area (Å²) in [5.41, 5.74) is 3.42. The van der Waals surface area contributed by atoms with Crippen LogP contribution >= 0.6 is 0 Å². The van der Waals surface area contributed by atoms with Crippen molar-refractivity contribution in [3.8, 4) is 17.2 Å². The van der Waals surface area contributed by atoms with Gasteiger partial charge in [-0.25, -0.2) is 9.59 Å². The number of ether oxygens (including phenoxy) is 1. The van der Waals surface area contributed by atoms with Gasteiger partial charge in [-0.05, 0) is 65.6 Å². The lowest BCUT2D eigenvalue weighted by molar-refractivity contribution is 0.0687. The van der Waals surface area contributed by atoms with Gasteiger partial charge in [0, 0.05) is 10.8 Å². The van der Waals surface area contributed by atoms with Gasteiger partial charge in [-0.15, -0.1) is 0 Å². The molecule has 0 radical (unpaired) electrons. The van der Waals surface area contributed by atoms with Gasteiger partial charge in [-0.2, -0.15) is 0 Å². The molecule has 200 valence electrons. The largest absolute Gasteiger partial charge is 0.508 e. The molecule has 0 amide bonds. The number of rotatable bonds is 8. The summed E-state index contributed by atoms with van der Waals surface area (Å²) in [6.45, 7) is 9.97. The minimum atomic E-state index is -1.19. The fraction of sp³-hybridized carbons (Fsp3) is 0.212. The number of carboxylic acid groups (broad SMARTS) is 2. The van der Waals surface area contributed by atoms with E-state index >= 15 is 0 Å². The molecule has 0 bridgehead atoms. The maximum Gasteiger partial charge on any atom is 0.339 e. The molecule has 0 fully saturated rings. The fourth-order valence-electron chi connectivity index (χ4n) is 4.65. The lowest BCUT2D eigenvalue weighted by Gasteiger charge is -2.27. The van der Waals surface area contributed by atoms with Crippen molar-refractivity contribution in [1.82, 2.24) is 0 Å². The zero-order chi connectivity index (χ0) is 28.5. The highest BCUT2D eigenvalue weighted by Crippen LogP contribution is 2.38. The fourth-order valence-corrected chi connectivity index (χ4v) is 4.65. The van der Waals surface area contributed by atoms with E-state index in [0.29, 0.717) is 0 Å². The van der Waals surface area contributed by atoms with Crippen molar-refractivity contribution >= 4 is 11.9 Å². The number of phenolic OH excluding ortho intramolecular Hbond substituents is 1. The molecule has 0 saturated heterocycles. The Labute approximate surface area is 228 Å². The number of aromatic carboxylic acids is 2. The minimum absolute atomic E-state index is 0.0424. The molecule has 0 aliphatic heterocycles. The summed E-state index contributed by atoms with van der Waals surface area (Å²) >= 11 is 0. The van der Waals surface area contributed by atoms with Crippen molar-refractivity contribution in [3.63, 3.8) is 0 Å². The summed E-state index contributed by atoms with van der Waals surface area (Å²) in [5.74, 6) is -2.12. The van der Waals surface area contributed by atoms with E-state index in [4.69, 9.17) is 4.74 Å². The summed E-state index contributed by atoms with van der Waals surface area (Å²) in [6.07, 6.45) is 0. The van der Waals surface area contributed by atoms with E-state index in [0.717, 1.165) is 27.8 Å². The molecule has 0 aliphatic rings. The van der Waals surface area contributed by atoms with Crippen LogP contribution in [0.2, 0.25) is 0 Å². The van der Waals surface area contributed by atoms with E-state index in [1.165, 1.54) is 0 Å². The molecule has 4 aromatic rings. The first-order chi connectivity index (χ1) is 18.3. The van der Waals surface area contributed by atoms with Gasteiger partial charge in [0.05, 0.1) is 0 Å². The summed E-state index contributed by atoms with van der Waals surface area (Å²) < 4.78 is 5.95. The summed E-state index contributed by atoms with van der Waals surface area (Å²) in [5, 5.41) is 29.6. The Kier molecular flexibility index (Phi) is 7.25. The molecule has 0 aromatic heterocycles. The van der Waals surface area contributed by atoms with Crippen molar-refractivity contribution < 1.29 is 29.6 Å².